The summed E-state index contributed by atoms with van der Waals surface area (Å²) in [6, 6.07) is 32.5. The highest BCUT2D eigenvalue weighted by Crippen LogP contribution is 2.43. The summed E-state index contributed by atoms with van der Waals surface area (Å²) in [6.45, 7) is 36.6. The van der Waals surface area contributed by atoms with Crippen molar-refractivity contribution in [2.45, 2.75) is 261 Å². The van der Waals surface area contributed by atoms with Crippen molar-refractivity contribution < 1.29 is 43.9 Å². The lowest BCUT2D eigenvalue weighted by atomic mass is 9.79. The van der Waals surface area contributed by atoms with Gasteiger partial charge in [-0.2, -0.15) is 0 Å². The third-order valence-electron chi connectivity index (χ3n) is 17.8. The fourth-order valence-electron chi connectivity index (χ4n) is 9.22. The average molecular weight is 1150 g/mol. The van der Waals surface area contributed by atoms with Crippen molar-refractivity contribution >= 4 is 17.9 Å². The Hall–Kier alpha value is -5.83. The molecular weight excluding hydrogens is 1030 g/mol. The normalized spacial score (nSPS) is 18.0. The second kappa shape index (κ2) is 35.5. The van der Waals surface area contributed by atoms with Gasteiger partial charge in [0, 0.05) is 0 Å². The molecule has 462 valence electrons. The maximum atomic E-state index is 12.5. The largest absolute Gasteiger partial charge is 0.508 e. The molecule has 0 bridgehead atoms. The zero-order valence-corrected chi connectivity index (χ0v) is 54.5. The number of ether oxygens (including phenoxy) is 3. The molecule has 3 aliphatic carbocycles. The van der Waals surface area contributed by atoms with Gasteiger partial charge in [0.1, 0.15) is 34.1 Å². The number of aromatic hydroxyl groups is 3. The van der Waals surface area contributed by atoms with E-state index in [1.807, 2.05) is 136 Å². The second-order valence-electron chi connectivity index (χ2n) is 25.6. The van der Waals surface area contributed by atoms with Crippen LogP contribution in [0.2, 0.25) is 0 Å². The van der Waals surface area contributed by atoms with Crippen LogP contribution in [0.5, 0.6) is 17.2 Å². The van der Waals surface area contributed by atoms with Gasteiger partial charge in [0.25, 0.3) is 0 Å². The highest BCUT2D eigenvalue weighted by atomic mass is 16.6. The summed E-state index contributed by atoms with van der Waals surface area (Å²) < 4.78 is 17.3. The molecule has 4 aromatic carbocycles. The van der Waals surface area contributed by atoms with Crippen LogP contribution in [0.1, 0.15) is 266 Å². The van der Waals surface area contributed by atoms with Crippen molar-refractivity contribution in [2.75, 3.05) is 0 Å². The molecule has 3 N–H and O–H groups in total. The summed E-state index contributed by atoms with van der Waals surface area (Å²) in [5, 5.41) is 27.0. The van der Waals surface area contributed by atoms with Crippen LogP contribution in [0.25, 0.3) is 0 Å². The van der Waals surface area contributed by atoms with E-state index in [4.69, 9.17) is 29.5 Å². The van der Waals surface area contributed by atoms with Crippen LogP contribution in [-0.2, 0) is 34.2 Å². The van der Waals surface area contributed by atoms with Crippen LogP contribution < -0.4 is 0 Å². The monoisotopic (exact) mass is 1140 g/mol. The predicted octanol–water partition coefficient (Wildman–Crippen LogP) is 20.5. The van der Waals surface area contributed by atoms with Crippen LogP contribution in [0.4, 0.5) is 0 Å². The van der Waals surface area contributed by atoms with E-state index in [1.165, 1.54) is 29.5 Å². The average Bonchev–Trinajstić information content (AvgIpc) is 4.10. The van der Waals surface area contributed by atoms with E-state index in [0.717, 1.165) is 108 Å². The third-order valence-corrected chi connectivity index (χ3v) is 17.8. The van der Waals surface area contributed by atoms with E-state index in [2.05, 4.69) is 66.3 Å². The molecule has 0 amide bonds. The minimum Gasteiger partial charge on any atom is -0.508 e. The first-order valence-corrected chi connectivity index (χ1v) is 31.5. The summed E-state index contributed by atoms with van der Waals surface area (Å²) in [5.74, 6) is 2.57. The van der Waals surface area contributed by atoms with Crippen molar-refractivity contribution in [2.24, 2.45) is 16.2 Å². The van der Waals surface area contributed by atoms with Crippen molar-refractivity contribution in [1.29, 1.82) is 0 Å². The Kier molecular flexibility index (Phi) is 31.3. The first-order chi connectivity index (χ1) is 39.1. The van der Waals surface area contributed by atoms with E-state index in [-0.39, 0.29) is 39.9 Å². The number of carbonyl (C=O) groups is 3. The topological polar surface area (TPSA) is 140 Å². The second-order valence-corrected chi connectivity index (χ2v) is 25.6. The Morgan fingerprint density at radius 1 is 0.494 bits per heavy atom. The molecule has 0 spiro atoms. The van der Waals surface area contributed by atoms with Gasteiger partial charge in [0.05, 0.1) is 16.2 Å². The molecule has 0 radical (unpaired) electrons. The molecule has 0 aliphatic heterocycles. The molecule has 0 aromatic heterocycles. The van der Waals surface area contributed by atoms with Gasteiger partial charge in [0.15, 0.2) is 0 Å². The fourth-order valence-corrected chi connectivity index (χ4v) is 9.22. The molecule has 83 heavy (non-hydrogen) atoms. The lowest BCUT2D eigenvalue weighted by Gasteiger charge is -2.39. The molecular formula is C74H112O9. The maximum Gasteiger partial charge on any atom is 0.312 e. The predicted molar refractivity (Wildman–Crippen MR) is 345 cm³/mol. The van der Waals surface area contributed by atoms with Gasteiger partial charge in [-0.3, -0.25) is 14.4 Å². The lowest BCUT2D eigenvalue weighted by Crippen LogP contribution is -2.39. The standard InChI is InChI=1S/C18H26O2.C14H24O2.C12H20O2.3C10H14O/c1-4-17(2,3)16(19)20-18(13-9-6-10-14-18)15-11-7-5-8-12-15;1-5-13(3,4)12(15)16-14(6-2)10-8-7-9-11-14;1-5-11(2,3)10(13)14-12(4)8-6-7-9-12;3*1-3-8(2)9-4-6-10(11)7-5-9/h5,7-8,11-12H,4,6,9-10,13-14H2,1-3H3;6H,2,5,7-11H2,1,3-4H3;6,8H,5,7,9H2,1-4H3;3*4-8,11H,3H2,1-2H3. The molecule has 4 aromatic rings. The van der Waals surface area contributed by atoms with Crippen molar-refractivity contribution in [3.63, 3.8) is 0 Å². The molecule has 4 atom stereocenters. The quantitative estimate of drug-likeness (QED) is 0.0536. The van der Waals surface area contributed by atoms with E-state index >= 15 is 0 Å². The summed E-state index contributed by atoms with van der Waals surface area (Å²) in [4.78, 5) is 36.4. The Morgan fingerprint density at radius 2 is 0.831 bits per heavy atom. The van der Waals surface area contributed by atoms with E-state index in [0.29, 0.717) is 35.0 Å². The molecule has 2 saturated carbocycles. The van der Waals surface area contributed by atoms with Crippen LogP contribution >= 0.6 is 0 Å². The molecule has 0 saturated heterocycles. The third kappa shape index (κ3) is 24.7. The minimum atomic E-state index is -0.404. The van der Waals surface area contributed by atoms with Crippen molar-refractivity contribution in [3.8, 4) is 17.2 Å². The van der Waals surface area contributed by atoms with Crippen LogP contribution in [-0.4, -0.2) is 44.4 Å². The summed E-state index contributed by atoms with van der Waals surface area (Å²) in [6.07, 6.45) is 24.4. The SMILES string of the molecule is C=CC1(OC(=O)C(C)(C)CC)CCCCC1.CCC(C)(C)C(=O)OC1(C)C=CCC1.CCC(C)(C)C(=O)OC1(c2ccccc2)CCCCC1.CCC(C)c1ccc(O)cc1.CCC(C)c1ccc(O)cc1.CCC(C)c1ccc(O)cc1. The summed E-state index contributed by atoms with van der Waals surface area (Å²) in [7, 11) is 0. The molecule has 4 unspecified atom stereocenters. The number of benzene rings is 4. The number of allylic oxidation sites excluding steroid dienone is 1. The summed E-state index contributed by atoms with van der Waals surface area (Å²) in [5.41, 5.74) is 2.75. The van der Waals surface area contributed by atoms with Gasteiger partial charge < -0.3 is 29.5 Å². The number of hydrogen-bond donors (Lipinski definition) is 3. The molecule has 3 aliphatic rings. The van der Waals surface area contributed by atoms with E-state index < -0.39 is 11.0 Å². The number of esters is 3. The van der Waals surface area contributed by atoms with Crippen LogP contribution in [0.3, 0.4) is 0 Å². The molecule has 9 nitrogen and oxygen atoms in total. The zero-order chi connectivity index (χ0) is 62.5. The van der Waals surface area contributed by atoms with E-state index in [9.17, 15) is 14.4 Å². The van der Waals surface area contributed by atoms with Gasteiger partial charge in [-0.1, -0.05) is 155 Å². The molecule has 0 heterocycles. The first kappa shape index (κ1) is 73.3. The molecule has 7 rings (SSSR count). The number of hydrogen-bond acceptors (Lipinski definition) is 9. The first-order valence-electron chi connectivity index (χ1n) is 31.5. The number of carbonyl (C=O) groups excluding carboxylic acids is 3. The van der Waals surface area contributed by atoms with Gasteiger partial charge in [-0.05, 0) is 240 Å². The number of phenols is 3. The number of phenolic OH excluding ortho intramolecular Hbond substituents is 3. The van der Waals surface area contributed by atoms with Gasteiger partial charge in [-0.25, -0.2) is 0 Å². The Morgan fingerprint density at radius 3 is 1.14 bits per heavy atom. The van der Waals surface area contributed by atoms with E-state index in [1.54, 1.807) is 36.4 Å². The fraction of sp³-hybridized carbons (Fsp3) is 0.581. The van der Waals surface area contributed by atoms with Gasteiger partial charge in [0.2, 0.25) is 0 Å². The van der Waals surface area contributed by atoms with Gasteiger partial charge in [-0.15, -0.1) is 0 Å². The molecule has 9 heteroatoms. The lowest BCUT2D eigenvalue weighted by molar-refractivity contribution is -0.176. The highest BCUT2D eigenvalue weighted by molar-refractivity contribution is 5.77. The molecule has 2 fully saturated rings. The number of rotatable bonds is 17. The Bertz CT molecular complexity index is 2370. The van der Waals surface area contributed by atoms with Gasteiger partial charge >= 0.3 is 17.9 Å². The van der Waals surface area contributed by atoms with Crippen molar-refractivity contribution in [1.82, 2.24) is 0 Å². The maximum absolute atomic E-state index is 12.5. The Balaban J connectivity index is 0.000000345. The minimum absolute atomic E-state index is 0.0641. The smallest absolute Gasteiger partial charge is 0.312 e. The van der Waals surface area contributed by atoms with Crippen LogP contribution in [0.15, 0.2) is 128 Å². The van der Waals surface area contributed by atoms with Crippen LogP contribution in [0, 0.1) is 16.2 Å². The summed E-state index contributed by atoms with van der Waals surface area (Å²) >= 11 is 0. The highest BCUT2D eigenvalue weighted by Gasteiger charge is 2.42. The zero-order valence-electron chi connectivity index (χ0n) is 54.5. The Labute approximate surface area is 504 Å². The van der Waals surface area contributed by atoms with Crippen molar-refractivity contribution in [3.05, 3.63) is 150 Å².